The van der Waals surface area contributed by atoms with Crippen LogP contribution in [0.4, 0.5) is 4.39 Å². The van der Waals surface area contributed by atoms with Gasteiger partial charge >= 0.3 is 0 Å². The summed E-state index contributed by atoms with van der Waals surface area (Å²) in [5.41, 5.74) is 6.49. The maximum absolute atomic E-state index is 13.8. The van der Waals surface area contributed by atoms with E-state index in [0.717, 1.165) is 63.1 Å². The predicted octanol–water partition coefficient (Wildman–Crippen LogP) is 4.72. The Morgan fingerprint density at radius 2 is 1.90 bits per heavy atom. The monoisotopic (exact) mass is 544 g/mol. The standard InChI is InChI=1S/C31H45FN2O5/c1-33-39-29-16-24(32)8-7-23(29)15-21-11-13-34(14-12-21)19-25(35)20-37-26-9-10-27-28(22-5-3-2-4-6-22)18-31(36)38-30(27)17-26/h2-6,21,24-26,28,31,33,35-36H,7-20H2,1H3. The van der Waals surface area contributed by atoms with E-state index in [1.54, 1.807) is 7.05 Å². The molecule has 0 bridgehead atoms. The molecule has 4 aliphatic rings. The Morgan fingerprint density at radius 1 is 1.10 bits per heavy atom. The third kappa shape index (κ3) is 7.61. The largest absolute Gasteiger partial charge is 0.469 e. The minimum absolute atomic E-state index is 0.00688. The molecule has 8 heteroatoms. The molecule has 5 unspecified atom stereocenters. The molecule has 216 valence electrons. The molecule has 1 aromatic carbocycles. The number of benzene rings is 1. The number of hydrogen-bond donors (Lipinski definition) is 3. The van der Waals surface area contributed by atoms with Crippen LogP contribution in [0.5, 0.6) is 0 Å². The fraction of sp³-hybridized carbons (Fsp3) is 0.677. The van der Waals surface area contributed by atoms with Gasteiger partial charge in [0.1, 0.15) is 17.7 Å². The van der Waals surface area contributed by atoms with Gasteiger partial charge in [-0.05, 0) is 80.7 Å². The molecular formula is C31H45FN2O5. The average Bonchev–Trinajstić information content (AvgIpc) is 2.94. The lowest BCUT2D eigenvalue weighted by molar-refractivity contribution is -0.101. The number of alkyl halides is 1. The summed E-state index contributed by atoms with van der Waals surface area (Å²) in [5.74, 6) is 2.43. The number of likely N-dealkylation sites (tertiary alicyclic amines) is 1. The summed E-state index contributed by atoms with van der Waals surface area (Å²) in [6.45, 7) is 2.82. The van der Waals surface area contributed by atoms with Crippen molar-refractivity contribution in [2.75, 3.05) is 33.3 Å². The second-order valence-electron chi connectivity index (χ2n) is 11.7. The maximum atomic E-state index is 13.8. The minimum atomic E-state index is -0.803. The van der Waals surface area contributed by atoms with Crippen LogP contribution in [-0.2, 0) is 14.3 Å². The molecule has 2 aliphatic heterocycles. The first-order chi connectivity index (χ1) is 19.0. The van der Waals surface area contributed by atoms with Gasteiger partial charge in [0, 0.05) is 38.8 Å². The zero-order valence-electron chi connectivity index (χ0n) is 23.2. The SMILES string of the molecule is CNOC1=C(CC2CCN(CC(O)COC3CCC4=C(C3)OC(O)CC4c3ccccc3)CC2)CCC(F)C1. The molecule has 5 rings (SSSR count). The summed E-state index contributed by atoms with van der Waals surface area (Å²) >= 11 is 0. The first kappa shape index (κ1) is 28.6. The van der Waals surface area contributed by atoms with Gasteiger partial charge in [-0.2, -0.15) is 5.48 Å². The Hall–Kier alpha value is -1.97. The summed E-state index contributed by atoms with van der Waals surface area (Å²) < 4.78 is 25.8. The molecule has 0 spiro atoms. The summed E-state index contributed by atoms with van der Waals surface area (Å²) in [6.07, 6.45) is 5.76. The number of aliphatic hydroxyl groups excluding tert-OH is 2. The normalized spacial score (nSPS) is 29.6. The fourth-order valence-corrected chi connectivity index (χ4v) is 6.80. The Bertz CT molecular complexity index is 994. The number of piperidine rings is 1. The van der Waals surface area contributed by atoms with Crippen LogP contribution in [-0.4, -0.2) is 73.1 Å². The molecule has 1 aromatic rings. The molecule has 5 atom stereocenters. The highest BCUT2D eigenvalue weighted by molar-refractivity contribution is 5.33. The Morgan fingerprint density at radius 3 is 2.67 bits per heavy atom. The second-order valence-corrected chi connectivity index (χ2v) is 11.7. The van der Waals surface area contributed by atoms with E-state index in [1.807, 2.05) is 18.2 Å². The van der Waals surface area contributed by atoms with Gasteiger partial charge in [0.25, 0.3) is 0 Å². The van der Waals surface area contributed by atoms with Crippen LogP contribution >= 0.6 is 0 Å². The highest BCUT2D eigenvalue weighted by Crippen LogP contribution is 2.43. The number of β-amino-alcohol motifs (C(OH)–C–C–N with tert-alkyl or cyclic N) is 1. The highest BCUT2D eigenvalue weighted by atomic mass is 19.1. The summed E-state index contributed by atoms with van der Waals surface area (Å²) in [7, 11) is 1.72. The minimum Gasteiger partial charge on any atom is -0.469 e. The molecule has 0 radical (unpaired) electrons. The van der Waals surface area contributed by atoms with Crippen LogP contribution in [0.15, 0.2) is 53.0 Å². The smallest absolute Gasteiger partial charge is 0.197 e. The van der Waals surface area contributed by atoms with Crippen LogP contribution in [0.25, 0.3) is 0 Å². The Kier molecular flexibility index (Phi) is 9.95. The zero-order valence-corrected chi connectivity index (χ0v) is 23.2. The van der Waals surface area contributed by atoms with Crippen LogP contribution in [0, 0.1) is 5.92 Å². The van der Waals surface area contributed by atoms with Gasteiger partial charge in [-0.25, -0.2) is 4.39 Å². The van der Waals surface area contributed by atoms with Gasteiger partial charge in [-0.3, -0.25) is 0 Å². The Labute approximate surface area is 232 Å². The molecule has 2 aliphatic carbocycles. The lowest BCUT2D eigenvalue weighted by Gasteiger charge is -2.37. The van der Waals surface area contributed by atoms with E-state index in [-0.39, 0.29) is 12.0 Å². The highest BCUT2D eigenvalue weighted by Gasteiger charge is 2.35. The van der Waals surface area contributed by atoms with Gasteiger partial charge in [-0.1, -0.05) is 30.3 Å². The zero-order chi connectivity index (χ0) is 27.2. The van der Waals surface area contributed by atoms with Gasteiger partial charge in [0.05, 0.1) is 18.8 Å². The van der Waals surface area contributed by atoms with Crippen molar-refractivity contribution in [3.8, 4) is 0 Å². The molecule has 1 fully saturated rings. The molecular weight excluding hydrogens is 499 g/mol. The van der Waals surface area contributed by atoms with E-state index in [1.165, 1.54) is 16.7 Å². The molecule has 0 aromatic heterocycles. The van der Waals surface area contributed by atoms with Crippen LogP contribution in [0.3, 0.4) is 0 Å². The van der Waals surface area contributed by atoms with Gasteiger partial charge in [0.2, 0.25) is 0 Å². The van der Waals surface area contributed by atoms with E-state index >= 15 is 0 Å². The van der Waals surface area contributed by atoms with E-state index in [4.69, 9.17) is 14.3 Å². The number of hydrogen-bond acceptors (Lipinski definition) is 7. The molecule has 0 saturated carbocycles. The first-order valence-corrected chi connectivity index (χ1v) is 14.8. The third-order valence-electron chi connectivity index (χ3n) is 8.87. The summed E-state index contributed by atoms with van der Waals surface area (Å²) in [6, 6.07) is 10.4. The number of rotatable bonds is 10. The van der Waals surface area contributed by atoms with Crippen LogP contribution in [0.2, 0.25) is 0 Å². The van der Waals surface area contributed by atoms with Crippen LogP contribution < -0.4 is 5.48 Å². The molecule has 2 heterocycles. The van der Waals surface area contributed by atoms with Crippen molar-refractivity contribution < 1.29 is 28.9 Å². The number of nitrogens with zero attached hydrogens (tertiary/aromatic N) is 1. The first-order valence-electron chi connectivity index (χ1n) is 14.8. The maximum Gasteiger partial charge on any atom is 0.197 e. The number of hydroxylamine groups is 1. The number of ether oxygens (including phenoxy) is 2. The Balaban J connectivity index is 1.05. The van der Waals surface area contributed by atoms with Crippen molar-refractivity contribution in [2.45, 2.75) is 94.8 Å². The topological polar surface area (TPSA) is 83.4 Å². The number of aliphatic hydroxyl groups is 2. The number of allylic oxidation sites excluding steroid dienone is 3. The second kappa shape index (κ2) is 13.6. The van der Waals surface area contributed by atoms with Crippen molar-refractivity contribution in [2.24, 2.45) is 5.92 Å². The van der Waals surface area contributed by atoms with Crippen molar-refractivity contribution in [1.82, 2.24) is 10.4 Å². The summed E-state index contributed by atoms with van der Waals surface area (Å²) in [5, 5.41) is 21.1. The predicted molar refractivity (Wildman–Crippen MR) is 147 cm³/mol. The summed E-state index contributed by atoms with van der Waals surface area (Å²) in [4.78, 5) is 7.86. The molecule has 3 N–H and O–H groups in total. The van der Waals surface area contributed by atoms with E-state index in [9.17, 15) is 14.6 Å². The van der Waals surface area contributed by atoms with Crippen molar-refractivity contribution in [1.29, 1.82) is 0 Å². The van der Waals surface area contributed by atoms with Crippen LogP contribution in [0.1, 0.15) is 75.7 Å². The van der Waals surface area contributed by atoms with Gasteiger partial charge in [0.15, 0.2) is 6.29 Å². The third-order valence-corrected chi connectivity index (χ3v) is 8.87. The van der Waals surface area contributed by atoms with Gasteiger partial charge < -0.3 is 29.4 Å². The van der Waals surface area contributed by atoms with E-state index in [2.05, 4.69) is 22.5 Å². The van der Waals surface area contributed by atoms with Crippen molar-refractivity contribution >= 4 is 0 Å². The molecule has 7 nitrogen and oxygen atoms in total. The fourth-order valence-electron chi connectivity index (χ4n) is 6.80. The van der Waals surface area contributed by atoms with E-state index < -0.39 is 18.6 Å². The molecule has 39 heavy (non-hydrogen) atoms. The van der Waals surface area contributed by atoms with Gasteiger partial charge in [-0.15, -0.1) is 0 Å². The van der Waals surface area contributed by atoms with Crippen molar-refractivity contribution in [3.05, 3.63) is 58.6 Å². The molecule has 1 saturated heterocycles. The van der Waals surface area contributed by atoms with E-state index in [0.29, 0.717) is 44.8 Å². The average molecular weight is 545 g/mol. The lowest BCUT2D eigenvalue weighted by atomic mass is 9.79. The lowest BCUT2D eigenvalue weighted by Crippen LogP contribution is -2.41. The number of nitrogens with one attached hydrogen (secondary N) is 1. The number of halogens is 1. The van der Waals surface area contributed by atoms with Crippen molar-refractivity contribution in [3.63, 3.8) is 0 Å². The quantitative estimate of drug-likeness (QED) is 0.368. The molecule has 0 amide bonds.